The molecule has 0 saturated heterocycles. The SMILES string of the molecule is CC1CC2CC1C1C=CC21. The first-order valence-electron chi connectivity index (χ1n) is 4.54. The molecule has 54 valence electrons. The van der Waals surface area contributed by atoms with Gasteiger partial charge in [0.05, 0.1) is 0 Å². The van der Waals surface area contributed by atoms with Crippen LogP contribution in [0.4, 0.5) is 0 Å². The molecule has 0 heteroatoms. The molecule has 3 aliphatic carbocycles. The van der Waals surface area contributed by atoms with Crippen LogP contribution in [0.1, 0.15) is 19.8 Å². The van der Waals surface area contributed by atoms with Crippen molar-refractivity contribution in [1.82, 2.24) is 0 Å². The van der Waals surface area contributed by atoms with Gasteiger partial charge in [-0.05, 0) is 42.4 Å². The van der Waals surface area contributed by atoms with Crippen LogP contribution in [0.3, 0.4) is 0 Å². The summed E-state index contributed by atoms with van der Waals surface area (Å²) in [6.45, 7) is 2.44. The lowest BCUT2D eigenvalue weighted by molar-refractivity contribution is 0.221. The van der Waals surface area contributed by atoms with Crippen molar-refractivity contribution in [1.29, 1.82) is 0 Å². The van der Waals surface area contributed by atoms with Crippen LogP contribution >= 0.6 is 0 Å². The van der Waals surface area contributed by atoms with Gasteiger partial charge in [-0.15, -0.1) is 0 Å². The molecule has 0 aliphatic heterocycles. The van der Waals surface area contributed by atoms with Crippen molar-refractivity contribution in [2.75, 3.05) is 0 Å². The van der Waals surface area contributed by atoms with Crippen molar-refractivity contribution in [3.05, 3.63) is 12.2 Å². The number of rotatable bonds is 0. The summed E-state index contributed by atoms with van der Waals surface area (Å²) in [5, 5.41) is 0. The van der Waals surface area contributed by atoms with Crippen LogP contribution in [0.5, 0.6) is 0 Å². The first-order valence-corrected chi connectivity index (χ1v) is 4.54. The maximum Gasteiger partial charge on any atom is -0.0137 e. The van der Waals surface area contributed by atoms with E-state index in [0.717, 1.165) is 29.6 Å². The first-order chi connectivity index (χ1) is 4.86. The maximum atomic E-state index is 2.45. The topological polar surface area (TPSA) is 0 Å². The maximum absolute atomic E-state index is 2.45. The Hall–Kier alpha value is -0.260. The van der Waals surface area contributed by atoms with Gasteiger partial charge in [0.15, 0.2) is 0 Å². The number of allylic oxidation sites excluding steroid dienone is 2. The lowest BCUT2D eigenvalue weighted by atomic mass is 9.69. The van der Waals surface area contributed by atoms with E-state index in [1.807, 2.05) is 0 Å². The third-order valence-electron chi connectivity index (χ3n) is 4.02. The number of fused-ring (bicyclic) bond motifs is 5. The van der Waals surface area contributed by atoms with Crippen LogP contribution in [0, 0.1) is 29.6 Å². The Morgan fingerprint density at radius 2 is 1.90 bits per heavy atom. The normalized spacial score (nSPS) is 62.3. The van der Waals surface area contributed by atoms with Gasteiger partial charge in [0.25, 0.3) is 0 Å². The Balaban J connectivity index is 1.98. The van der Waals surface area contributed by atoms with Gasteiger partial charge in [0.1, 0.15) is 0 Å². The van der Waals surface area contributed by atoms with E-state index in [4.69, 9.17) is 0 Å². The fraction of sp³-hybridized carbons (Fsp3) is 0.800. The van der Waals surface area contributed by atoms with E-state index in [9.17, 15) is 0 Å². The van der Waals surface area contributed by atoms with E-state index >= 15 is 0 Å². The zero-order valence-corrected chi connectivity index (χ0v) is 6.46. The minimum atomic E-state index is 1.02. The van der Waals surface area contributed by atoms with Gasteiger partial charge in [-0.25, -0.2) is 0 Å². The van der Waals surface area contributed by atoms with Crippen molar-refractivity contribution in [2.24, 2.45) is 29.6 Å². The van der Waals surface area contributed by atoms with Crippen molar-refractivity contribution in [3.63, 3.8) is 0 Å². The van der Waals surface area contributed by atoms with Gasteiger partial charge in [0.2, 0.25) is 0 Å². The third kappa shape index (κ3) is 0.426. The molecular weight excluding hydrogens is 120 g/mol. The Bertz CT molecular complexity index is 192. The van der Waals surface area contributed by atoms with Crippen LogP contribution in [-0.4, -0.2) is 0 Å². The molecule has 2 saturated carbocycles. The summed E-state index contributed by atoms with van der Waals surface area (Å²) in [5.74, 6) is 5.26. The minimum absolute atomic E-state index is 1.02. The molecule has 0 radical (unpaired) electrons. The lowest BCUT2D eigenvalue weighted by Gasteiger charge is -2.36. The summed E-state index contributed by atoms with van der Waals surface area (Å²) in [5.41, 5.74) is 0. The molecule has 10 heavy (non-hydrogen) atoms. The van der Waals surface area contributed by atoms with Crippen molar-refractivity contribution in [2.45, 2.75) is 19.8 Å². The molecule has 0 spiro atoms. The largest absolute Gasteiger partial charge is 0.0842 e. The molecule has 0 aromatic heterocycles. The molecule has 2 fully saturated rings. The summed E-state index contributed by atoms with van der Waals surface area (Å²) < 4.78 is 0. The quantitative estimate of drug-likeness (QED) is 0.446. The third-order valence-corrected chi connectivity index (χ3v) is 4.02. The molecule has 5 atom stereocenters. The monoisotopic (exact) mass is 134 g/mol. The van der Waals surface area contributed by atoms with Crippen LogP contribution in [-0.2, 0) is 0 Å². The highest BCUT2D eigenvalue weighted by atomic mass is 14.6. The van der Waals surface area contributed by atoms with E-state index in [0.29, 0.717) is 0 Å². The van der Waals surface area contributed by atoms with Crippen LogP contribution in [0.2, 0.25) is 0 Å². The molecule has 3 rings (SSSR count). The summed E-state index contributed by atoms with van der Waals surface area (Å²) in [7, 11) is 0. The van der Waals surface area contributed by atoms with E-state index in [-0.39, 0.29) is 0 Å². The lowest BCUT2D eigenvalue weighted by Crippen LogP contribution is -2.29. The molecule has 3 aliphatic rings. The van der Waals surface area contributed by atoms with E-state index in [1.54, 1.807) is 6.42 Å². The van der Waals surface area contributed by atoms with E-state index in [2.05, 4.69) is 19.1 Å². The average molecular weight is 134 g/mol. The van der Waals surface area contributed by atoms with E-state index in [1.165, 1.54) is 6.42 Å². The molecular formula is C10H14. The summed E-state index contributed by atoms with van der Waals surface area (Å²) in [4.78, 5) is 0. The molecule has 0 aromatic carbocycles. The highest BCUT2D eigenvalue weighted by Crippen LogP contribution is 2.59. The fourth-order valence-corrected chi connectivity index (χ4v) is 3.45. The van der Waals surface area contributed by atoms with Gasteiger partial charge in [-0.2, -0.15) is 0 Å². The smallest absolute Gasteiger partial charge is 0.0137 e. The molecule has 2 bridgehead atoms. The van der Waals surface area contributed by atoms with Gasteiger partial charge < -0.3 is 0 Å². The first kappa shape index (κ1) is 5.40. The second-order valence-corrected chi connectivity index (χ2v) is 4.41. The average Bonchev–Trinajstić information content (AvgIpc) is 2.17. The van der Waals surface area contributed by atoms with Gasteiger partial charge in [0, 0.05) is 0 Å². The summed E-state index contributed by atoms with van der Waals surface area (Å²) in [6.07, 6.45) is 7.96. The van der Waals surface area contributed by atoms with Crippen LogP contribution < -0.4 is 0 Å². The predicted octanol–water partition coefficient (Wildman–Crippen LogP) is 2.46. The molecule has 0 aromatic rings. The zero-order chi connectivity index (χ0) is 6.72. The highest BCUT2D eigenvalue weighted by molar-refractivity contribution is 5.20. The second kappa shape index (κ2) is 1.49. The predicted molar refractivity (Wildman–Crippen MR) is 41.5 cm³/mol. The molecule has 0 heterocycles. The van der Waals surface area contributed by atoms with Crippen molar-refractivity contribution in [3.8, 4) is 0 Å². The molecule has 0 N–H and O–H groups in total. The van der Waals surface area contributed by atoms with Crippen LogP contribution in [0.25, 0.3) is 0 Å². The Morgan fingerprint density at radius 3 is 2.40 bits per heavy atom. The molecule has 0 nitrogen and oxygen atoms in total. The van der Waals surface area contributed by atoms with E-state index < -0.39 is 0 Å². The highest BCUT2D eigenvalue weighted by Gasteiger charge is 2.51. The Labute approximate surface area is 62.3 Å². The summed E-state index contributed by atoms with van der Waals surface area (Å²) >= 11 is 0. The minimum Gasteiger partial charge on any atom is -0.0842 e. The zero-order valence-electron chi connectivity index (χ0n) is 6.46. The van der Waals surface area contributed by atoms with Crippen molar-refractivity contribution < 1.29 is 0 Å². The second-order valence-electron chi connectivity index (χ2n) is 4.41. The summed E-state index contributed by atoms with van der Waals surface area (Å²) in [6, 6.07) is 0. The fourth-order valence-electron chi connectivity index (χ4n) is 3.45. The van der Waals surface area contributed by atoms with Gasteiger partial charge in [-0.1, -0.05) is 19.1 Å². The number of hydrogen-bond donors (Lipinski definition) is 0. The van der Waals surface area contributed by atoms with Gasteiger partial charge >= 0.3 is 0 Å². The molecule has 5 unspecified atom stereocenters. The van der Waals surface area contributed by atoms with Gasteiger partial charge in [-0.3, -0.25) is 0 Å². The molecule has 0 amide bonds. The van der Waals surface area contributed by atoms with Crippen molar-refractivity contribution >= 4 is 0 Å². The Kier molecular flexibility index (Phi) is 0.805. The number of hydrogen-bond acceptors (Lipinski definition) is 0. The standard InChI is InChI=1S/C10H14/c1-6-4-7-5-10(6)9-3-2-8(7)9/h2-3,6-10H,4-5H2,1H3. The Morgan fingerprint density at radius 1 is 1.10 bits per heavy atom. The van der Waals surface area contributed by atoms with Crippen LogP contribution in [0.15, 0.2) is 12.2 Å².